The molecule has 21 heavy (non-hydrogen) atoms. The number of furan rings is 1. The minimum atomic E-state index is -3.90. The fraction of sp³-hybridized carbons (Fsp3) is 0.214. The van der Waals surface area contributed by atoms with E-state index in [-0.39, 0.29) is 10.7 Å². The highest BCUT2D eigenvalue weighted by molar-refractivity contribution is 7.90. The van der Waals surface area contributed by atoms with Crippen LogP contribution < -0.4 is 4.72 Å². The molecule has 2 heterocycles. The van der Waals surface area contributed by atoms with Gasteiger partial charge >= 0.3 is 5.91 Å². The number of sulfonamides is 1. The van der Waals surface area contributed by atoms with Crippen LogP contribution in [0.5, 0.6) is 0 Å². The number of hydrogen-bond acceptors (Lipinski definition) is 5. The second-order valence-electron chi connectivity index (χ2n) is 4.62. The standard InChI is InChI=1S/C14H13NO5S/c16-14(13-12-6-7-19-8-10(12)9-20-13)15-21(17,18)11-4-2-1-3-5-11/h1-5,9H,6-8H2,(H,15,16). The van der Waals surface area contributed by atoms with Crippen LogP contribution in [0, 0.1) is 0 Å². The molecule has 2 aromatic rings. The van der Waals surface area contributed by atoms with Crippen LogP contribution >= 0.6 is 0 Å². The second kappa shape index (κ2) is 5.34. The molecule has 110 valence electrons. The van der Waals surface area contributed by atoms with Crippen LogP contribution in [-0.4, -0.2) is 20.9 Å². The average molecular weight is 307 g/mol. The van der Waals surface area contributed by atoms with Gasteiger partial charge in [-0.25, -0.2) is 13.1 Å². The predicted molar refractivity (Wildman–Crippen MR) is 73.2 cm³/mol. The molecule has 1 aromatic carbocycles. The molecule has 0 atom stereocenters. The van der Waals surface area contributed by atoms with Crippen molar-refractivity contribution >= 4 is 15.9 Å². The minimum absolute atomic E-state index is 0.0297. The number of amides is 1. The summed E-state index contributed by atoms with van der Waals surface area (Å²) in [6.07, 6.45) is 1.96. The van der Waals surface area contributed by atoms with Gasteiger partial charge in [-0.1, -0.05) is 18.2 Å². The van der Waals surface area contributed by atoms with E-state index in [1.165, 1.54) is 18.4 Å². The highest BCUT2D eigenvalue weighted by atomic mass is 32.2. The highest BCUT2D eigenvalue weighted by Gasteiger charge is 2.26. The van der Waals surface area contributed by atoms with Gasteiger partial charge in [0.1, 0.15) is 0 Å². The van der Waals surface area contributed by atoms with Gasteiger partial charge in [-0.2, -0.15) is 0 Å². The summed E-state index contributed by atoms with van der Waals surface area (Å²) < 4.78 is 36.7. The molecule has 0 bridgehead atoms. The summed E-state index contributed by atoms with van der Waals surface area (Å²) >= 11 is 0. The Hall–Kier alpha value is -2.12. The molecule has 0 unspecified atom stereocenters. The lowest BCUT2D eigenvalue weighted by atomic mass is 10.1. The maximum atomic E-state index is 12.1. The molecule has 1 N–H and O–H groups in total. The van der Waals surface area contributed by atoms with Crippen molar-refractivity contribution in [3.8, 4) is 0 Å². The maximum Gasteiger partial charge on any atom is 0.300 e. The Balaban J connectivity index is 1.86. The van der Waals surface area contributed by atoms with Crippen molar-refractivity contribution in [3.05, 3.63) is 53.5 Å². The van der Waals surface area contributed by atoms with Crippen molar-refractivity contribution in [1.29, 1.82) is 0 Å². The Bertz CT molecular complexity index is 764. The summed E-state index contributed by atoms with van der Waals surface area (Å²) in [7, 11) is -3.90. The molecule has 1 aliphatic rings. The quantitative estimate of drug-likeness (QED) is 0.928. The molecular formula is C14H13NO5S. The van der Waals surface area contributed by atoms with E-state index in [0.29, 0.717) is 25.2 Å². The molecule has 0 fully saturated rings. The first-order chi connectivity index (χ1) is 10.1. The number of hydrogen-bond donors (Lipinski definition) is 1. The summed E-state index contributed by atoms with van der Waals surface area (Å²) in [5, 5.41) is 0. The number of carbonyl (C=O) groups is 1. The summed E-state index contributed by atoms with van der Waals surface area (Å²) in [5.74, 6) is -0.727. The lowest BCUT2D eigenvalue weighted by molar-refractivity contribution is 0.0947. The molecule has 0 spiro atoms. The third kappa shape index (κ3) is 2.70. The number of benzene rings is 1. The van der Waals surface area contributed by atoms with Gasteiger partial charge in [0, 0.05) is 17.5 Å². The van der Waals surface area contributed by atoms with Gasteiger partial charge in [-0.15, -0.1) is 0 Å². The molecule has 1 amide bonds. The number of fused-ring (bicyclic) bond motifs is 1. The van der Waals surface area contributed by atoms with E-state index in [1.807, 2.05) is 4.72 Å². The zero-order valence-corrected chi connectivity index (χ0v) is 11.9. The molecule has 0 saturated heterocycles. The van der Waals surface area contributed by atoms with Crippen molar-refractivity contribution in [1.82, 2.24) is 4.72 Å². The Labute approximate surface area is 121 Å². The van der Waals surface area contributed by atoms with Crippen molar-refractivity contribution in [2.24, 2.45) is 0 Å². The van der Waals surface area contributed by atoms with E-state index in [2.05, 4.69) is 0 Å². The summed E-state index contributed by atoms with van der Waals surface area (Å²) in [4.78, 5) is 12.2. The van der Waals surface area contributed by atoms with E-state index in [0.717, 1.165) is 5.56 Å². The van der Waals surface area contributed by atoms with Crippen molar-refractivity contribution in [3.63, 3.8) is 0 Å². The van der Waals surface area contributed by atoms with Gasteiger partial charge in [0.15, 0.2) is 5.76 Å². The van der Waals surface area contributed by atoms with Gasteiger partial charge in [0.2, 0.25) is 0 Å². The lowest BCUT2D eigenvalue weighted by Gasteiger charge is -2.12. The van der Waals surface area contributed by atoms with Gasteiger partial charge in [0.25, 0.3) is 10.0 Å². The zero-order valence-electron chi connectivity index (χ0n) is 11.0. The van der Waals surface area contributed by atoms with Crippen LogP contribution in [-0.2, 0) is 27.8 Å². The monoisotopic (exact) mass is 307 g/mol. The van der Waals surface area contributed by atoms with Gasteiger partial charge < -0.3 is 9.15 Å². The smallest absolute Gasteiger partial charge is 0.300 e. The lowest BCUT2D eigenvalue weighted by Crippen LogP contribution is -2.31. The molecule has 6 nitrogen and oxygen atoms in total. The maximum absolute atomic E-state index is 12.1. The fourth-order valence-electron chi connectivity index (χ4n) is 2.19. The molecule has 0 saturated carbocycles. The van der Waals surface area contributed by atoms with Crippen LogP contribution in [0.15, 0.2) is 45.9 Å². The predicted octanol–water partition coefficient (Wildman–Crippen LogP) is 1.47. The average Bonchev–Trinajstić information content (AvgIpc) is 2.92. The third-order valence-electron chi connectivity index (χ3n) is 3.22. The summed E-state index contributed by atoms with van der Waals surface area (Å²) in [6, 6.07) is 7.71. The van der Waals surface area contributed by atoms with E-state index < -0.39 is 15.9 Å². The third-order valence-corrected chi connectivity index (χ3v) is 4.57. The molecule has 1 aliphatic heterocycles. The van der Waals surface area contributed by atoms with Crippen LogP contribution in [0.2, 0.25) is 0 Å². The molecule has 0 radical (unpaired) electrons. The summed E-state index contributed by atoms with van der Waals surface area (Å²) in [6.45, 7) is 0.857. The minimum Gasteiger partial charge on any atom is -0.458 e. The fourth-order valence-corrected chi connectivity index (χ4v) is 3.16. The highest BCUT2D eigenvalue weighted by Crippen LogP contribution is 2.23. The number of nitrogens with one attached hydrogen (secondary N) is 1. The Morgan fingerprint density at radius 2 is 1.95 bits per heavy atom. The molecule has 7 heteroatoms. The first-order valence-electron chi connectivity index (χ1n) is 6.37. The van der Waals surface area contributed by atoms with Crippen LogP contribution in [0.3, 0.4) is 0 Å². The van der Waals surface area contributed by atoms with Crippen molar-refractivity contribution in [2.45, 2.75) is 17.9 Å². The Morgan fingerprint density at radius 1 is 1.19 bits per heavy atom. The van der Waals surface area contributed by atoms with E-state index in [1.54, 1.807) is 18.2 Å². The van der Waals surface area contributed by atoms with E-state index in [4.69, 9.17) is 9.15 Å². The van der Waals surface area contributed by atoms with Crippen LogP contribution in [0.25, 0.3) is 0 Å². The topological polar surface area (TPSA) is 85.6 Å². The van der Waals surface area contributed by atoms with Gasteiger partial charge in [-0.05, 0) is 12.1 Å². The Kier molecular flexibility index (Phi) is 3.52. The molecular weight excluding hydrogens is 294 g/mol. The van der Waals surface area contributed by atoms with Crippen molar-refractivity contribution < 1.29 is 22.4 Å². The first kappa shape index (κ1) is 13.8. The van der Waals surface area contributed by atoms with Gasteiger partial charge in [-0.3, -0.25) is 4.79 Å². The molecule has 0 aliphatic carbocycles. The normalized spacial score (nSPS) is 14.5. The SMILES string of the molecule is O=C(NS(=O)(=O)c1ccccc1)c1occ2c1CCOC2. The number of rotatable bonds is 3. The van der Waals surface area contributed by atoms with Gasteiger partial charge in [0.05, 0.1) is 24.4 Å². The number of ether oxygens (including phenoxy) is 1. The zero-order chi connectivity index (χ0) is 14.9. The Morgan fingerprint density at radius 3 is 2.71 bits per heavy atom. The number of carbonyl (C=O) groups excluding carboxylic acids is 1. The van der Waals surface area contributed by atoms with E-state index >= 15 is 0 Å². The van der Waals surface area contributed by atoms with Crippen molar-refractivity contribution in [2.75, 3.05) is 6.61 Å². The largest absolute Gasteiger partial charge is 0.458 e. The second-order valence-corrected chi connectivity index (χ2v) is 6.30. The first-order valence-corrected chi connectivity index (χ1v) is 7.85. The molecule has 3 rings (SSSR count). The van der Waals surface area contributed by atoms with Crippen LogP contribution in [0.4, 0.5) is 0 Å². The van der Waals surface area contributed by atoms with E-state index in [9.17, 15) is 13.2 Å². The summed E-state index contributed by atoms with van der Waals surface area (Å²) in [5.41, 5.74) is 1.49. The molecule has 1 aromatic heterocycles. The van der Waals surface area contributed by atoms with Crippen LogP contribution in [0.1, 0.15) is 21.7 Å².